The van der Waals surface area contributed by atoms with Crippen LogP contribution in [0.4, 0.5) is 0 Å². The minimum Gasteiger partial charge on any atom is -0.461 e. The van der Waals surface area contributed by atoms with Crippen molar-refractivity contribution in [1.82, 2.24) is 0 Å². The van der Waals surface area contributed by atoms with Crippen LogP contribution in [0, 0.1) is 12.3 Å². The predicted octanol–water partition coefficient (Wildman–Crippen LogP) is 6.71. The van der Waals surface area contributed by atoms with Crippen molar-refractivity contribution in [3.63, 3.8) is 0 Å². The van der Waals surface area contributed by atoms with Gasteiger partial charge in [0.1, 0.15) is 5.60 Å². The molecule has 1 aromatic rings. The first-order chi connectivity index (χ1) is 13.0. The molecule has 0 bridgehead atoms. The molecule has 0 radical (unpaired) electrons. The maximum atomic E-state index is 10.5. The SMILES string of the molecule is Cc1cc(CCCCC2(OC=O)CC2)ccc1CCCCCCC1(C)CC1. The fourth-order valence-electron chi connectivity index (χ4n) is 4.32. The molecule has 0 unspecified atom stereocenters. The van der Waals surface area contributed by atoms with Crippen LogP contribution in [-0.4, -0.2) is 12.1 Å². The van der Waals surface area contributed by atoms with Crippen molar-refractivity contribution in [2.75, 3.05) is 0 Å². The standard InChI is InChI=1S/C25H38O2/c1-21-19-22(9-6-8-14-25(17-18-25)27-20-26)11-12-23(21)10-5-3-4-7-13-24(2)15-16-24/h11-12,19-20H,3-10,13-18H2,1-2H3. The molecule has 2 heteroatoms. The Morgan fingerprint density at radius 3 is 2.30 bits per heavy atom. The van der Waals surface area contributed by atoms with E-state index in [1.165, 1.54) is 74.5 Å². The Bertz CT molecular complexity index is 611. The van der Waals surface area contributed by atoms with Crippen LogP contribution in [-0.2, 0) is 22.4 Å². The van der Waals surface area contributed by atoms with Crippen molar-refractivity contribution < 1.29 is 9.53 Å². The molecule has 2 fully saturated rings. The summed E-state index contributed by atoms with van der Waals surface area (Å²) in [6.07, 6.45) is 17.7. The maximum absolute atomic E-state index is 10.5. The van der Waals surface area contributed by atoms with Crippen LogP contribution in [0.1, 0.15) is 101 Å². The lowest BCUT2D eigenvalue weighted by Crippen LogP contribution is -2.12. The van der Waals surface area contributed by atoms with E-state index in [4.69, 9.17) is 4.74 Å². The summed E-state index contributed by atoms with van der Waals surface area (Å²) in [6, 6.07) is 7.07. The van der Waals surface area contributed by atoms with Gasteiger partial charge < -0.3 is 4.74 Å². The summed E-state index contributed by atoms with van der Waals surface area (Å²) in [5, 5.41) is 0. The second-order valence-corrected chi connectivity index (χ2v) is 9.59. The topological polar surface area (TPSA) is 26.3 Å². The molecule has 0 N–H and O–H groups in total. The molecule has 27 heavy (non-hydrogen) atoms. The maximum Gasteiger partial charge on any atom is 0.293 e. The van der Waals surface area contributed by atoms with Gasteiger partial charge in [0.15, 0.2) is 0 Å². The van der Waals surface area contributed by atoms with Crippen molar-refractivity contribution >= 4 is 6.47 Å². The molecule has 2 aliphatic rings. The Kier molecular flexibility index (Phi) is 7.00. The van der Waals surface area contributed by atoms with Gasteiger partial charge in [-0.3, -0.25) is 4.79 Å². The predicted molar refractivity (Wildman–Crippen MR) is 112 cm³/mol. The second-order valence-electron chi connectivity index (χ2n) is 9.59. The van der Waals surface area contributed by atoms with Crippen LogP contribution in [0.5, 0.6) is 0 Å². The van der Waals surface area contributed by atoms with Crippen molar-refractivity contribution in [2.45, 2.75) is 109 Å². The molecular formula is C25H38O2. The van der Waals surface area contributed by atoms with Crippen LogP contribution >= 0.6 is 0 Å². The molecule has 2 nitrogen and oxygen atoms in total. The number of carbonyl (C=O) groups is 1. The van der Waals surface area contributed by atoms with Gasteiger partial charge in [-0.25, -0.2) is 0 Å². The number of benzene rings is 1. The smallest absolute Gasteiger partial charge is 0.293 e. The number of carbonyl (C=O) groups excluding carboxylic acids is 1. The lowest BCUT2D eigenvalue weighted by molar-refractivity contribution is -0.135. The van der Waals surface area contributed by atoms with E-state index < -0.39 is 0 Å². The van der Waals surface area contributed by atoms with Crippen molar-refractivity contribution in [1.29, 1.82) is 0 Å². The highest BCUT2D eigenvalue weighted by molar-refractivity contribution is 5.39. The third kappa shape index (κ3) is 6.66. The lowest BCUT2D eigenvalue weighted by Gasteiger charge is -2.13. The van der Waals surface area contributed by atoms with Crippen LogP contribution < -0.4 is 0 Å². The van der Waals surface area contributed by atoms with Gasteiger partial charge >= 0.3 is 0 Å². The van der Waals surface area contributed by atoms with Crippen LogP contribution in [0.15, 0.2) is 18.2 Å². The highest BCUT2D eigenvalue weighted by Gasteiger charge is 2.44. The van der Waals surface area contributed by atoms with E-state index in [0.29, 0.717) is 6.47 Å². The first kappa shape index (κ1) is 20.4. The van der Waals surface area contributed by atoms with Gasteiger partial charge in [-0.05, 0) is 99.7 Å². The van der Waals surface area contributed by atoms with Crippen molar-refractivity contribution in [3.05, 3.63) is 34.9 Å². The molecule has 0 amide bonds. The molecule has 0 aromatic heterocycles. The van der Waals surface area contributed by atoms with Gasteiger partial charge in [-0.1, -0.05) is 44.4 Å². The van der Waals surface area contributed by atoms with Gasteiger partial charge in [0, 0.05) is 0 Å². The molecule has 2 aliphatic carbocycles. The summed E-state index contributed by atoms with van der Waals surface area (Å²) < 4.78 is 5.23. The fourth-order valence-corrected chi connectivity index (χ4v) is 4.32. The highest BCUT2D eigenvalue weighted by Crippen LogP contribution is 2.49. The summed E-state index contributed by atoms with van der Waals surface area (Å²) in [5.74, 6) is 0. The average molecular weight is 371 g/mol. The largest absolute Gasteiger partial charge is 0.461 e. The first-order valence-electron chi connectivity index (χ1n) is 11.2. The Morgan fingerprint density at radius 1 is 0.926 bits per heavy atom. The second kappa shape index (κ2) is 9.26. The number of rotatable bonds is 14. The van der Waals surface area contributed by atoms with E-state index in [2.05, 4.69) is 32.0 Å². The summed E-state index contributed by atoms with van der Waals surface area (Å²) in [7, 11) is 0. The molecule has 0 aliphatic heterocycles. The number of ether oxygens (including phenoxy) is 1. The monoisotopic (exact) mass is 370 g/mol. The zero-order chi connectivity index (χ0) is 19.2. The van der Waals surface area contributed by atoms with E-state index >= 15 is 0 Å². The van der Waals surface area contributed by atoms with Gasteiger partial charge in [0.25, 0.3) is 6.47 Å². The van der Waals surface area contributed by atoms with Crippen molar-refractivity contribution in [2.24, 2.45) is 5.41 Å². The molecule has 0 heterocycles. The Hall–Kier alpha value is -1.31. The molecule has 1 aromatic carbocycles. The molecule has 0 atom stereocenters. The van der Waals surface area contributed by atoms with E-state index in [1.54, 1.807) is 0 Å². The Labute approximate surface area is 166 Å². The average Bonchev–Trinajstić information content (AvgIpc) is 3.56. The van der Waals surface area contributed by atoms with Gasteiger partial charge in [-0.15, -0.1) is 0 Å². The fraction of sp³-hybridized carbons (Fsp3) is 0.720. The summed E-state index contributed by atoms with van der Waals surface area (Å²) in [5.41, 5.74) is 5.09. The first-order valence-corrected chi connectivity index (χ1v) is 11.2. The van der Waals surface area contributed by atoms with Crippen molar-refractivity contribution in [3.8, 4) is 0 Å². The van der Waals surface area contributed by atoms with E-state index in [1.807, 2.05) is 0 Å². The molecule has 0 saturated heterocycles. The van der Waals surface area contributed by atoms with E-state index in [9.17, 15) is 4.79 Å². The number of hydrogen-bond donors (Lipinski definition) is 0. The molecule has 150 valence electrons. The minimum atomic E-state index is -0.0854. The normalized spacial score (nSPS) is 18.9. The zero-order valence-corrected chi connectivity index (χ0v) is 17.5. The Morgan fingerprint density at radius 2 is 1.63 bits per heavy atom. The van der Waals surface area contributed by atoms with E-state index in [0.717, 1.165) is 37.5 Å². The summed E-state index contributed by atoms with van der Waals surface area (Å²) in [6.45, 7) is 5.34. The van der Waals surface area contributed by atoms with E-state index in [-0.39, 0.29) is 5.60 Å². The number of aryl methyl sites for hydroxylation is 3. The van der Waals surface area contributed by atoms with Crippen LogP contribution in [0.2, 0.25) is 0 Å². The summed E-state index contributed by atoms with van der Waals surface area (Å²) >= 11 is 0. The van der Waals surface area contributed by atoms with Crippen LogP contribution in [0.3, 0.4) is 0 Å². The third-order valence-electron chi connectivity index (χ3n) is 6.94. The molecule has 3 rings (SSSR count). The zero-order valence-electron chi connectivity index (χ0n) is 17.5. The minimum absolute atomic E-state index is 0.0854. The van der Waals surface area contributed by atoms with Crippen LogP contribution in [0.25, 0.3) is 0 Å². The molecule has 2 saturated carbocycles. The third-order valence-corrected chi connectivity index (χ3v) is 6.94. The van der Waals surface area contributed by atoms with Gasteiger partial charge in [0.05, 0.1) is 0 Å². The highest BCUT2D eigenvalue weighted by atomic mass is 16.5. The molecule has 0 spiro atoms. The number of hydrogen-bond acceptors (Lipinski definition) is 2. The Balaban J connectivity index is 1.29. The molecular weight excluding hydrogens is 332 g/mol. The van der Waals surface area contributed by atoms with Gasteiger partial charge in [-0.2, -0.15) is 0 Å². The summed E-state index contributed by atoms with van der Waals surface area (Å²) in [4.78, 5) is 10.5. The lowest BCUT2D eigenvalue weighted by atomic mass is 9.96. The quantitative estimate of drug-likeness (QED) is 0.269. The number of unbranched alkanes of at least 4 members (excludes halogenated alkanes) is 4. The van der Waals surface area contributed by atoms with Gasteiger partial charge in [0.2, 0.25) is 0 Å².